The Balaban J connectivity index is 2.54. The molecule has 1 atom stereocenters. The van der Waals surface area contributed by atoms with E-state index in [9.17, 15) is 9.90 Å². The van der Waals surface area contributed by atoms with Gasteiger partial charge in [-0.3, -0.25) is 4.79 Å². The van der Waals surface area contributed by atoms with Crippen molar-refractivity contribution < 1.29 is 9.90 Å². The molecule has 1 rings (SSSR count). The Hall–Kier alpha value is -0.220. The van der Waals surface area contributed by atoms with Crippen LogP contribution < -0.4 is 0 Å². The van der Waals surface area contributed by atoms with E-state index in [-0.39, 0.29) is 11.2 Å². The molecule has 16 heavy (non-hydrogen) atoms. The molecule has 0 aromatic heterocycles. The maximum absolute atomic E-state index is 12.2. The van der Waals surface area contributed by atoms with Crippen LogP contribution >= 0.6 is 11.8 Å². The van der Waals surface area contributed by atoms with Gasteiger partial charge in [0.05, 0.1) is 10.9 Å². The second-order valence-corrected chi connectivity index (χ2v) is 6.33. The largest absolute Gasteiger partial charge is 0.389 e. The molecule has 0 saturated carbocycles. The lowest BCUT2D eigenvalue weighted by atomic mass is 10.1. The summed E-state index contributed by atoms with van der Waals surface area (Å²) >= 11 is 1.77. The molecule has 3 nitrogen and oxygen atoms in total. The molecule has 0 radical (unpaired) electrons. The fourth-order valence-electron chi connectivity index (χ4n) is 1.95. The number of aliphatic hydroxyl groups is 1. The molecule has 1 amide bonds. The Morgan fingerprint density at radius 1 is 1.50 bits per heavy atom. The van der Waals surface area contributed by atoms with Crippen molar-refractivity contribution >= 4 is 17.7 Å². The summed E-state index contributed by atoms with van der Waals surface area (Å²) in [6.45, 7) is 6.57. The number of rotatable bonds is 4. The number of thioether (sulfide) groups is 1. The number of nitrogens with zero attached hydrogens (tertiary/aromatic N) is 1. The molecule has 1 aliphatic heterocycles. The van der Waals surface area contributed by atoms with Crippen molar-refractivity contribution in [3.63, 3.8) is 0 Å². The van der Waals surface area contributed by atoms with Crippen LogP contribution in [-0.2, 0) is 4.79 Å². The summed E-state index contributed by atoms with van der Waals surface area (Å²) in [6.07, 6.45) is 3.38. The second kappa shape index (κ2) is 5.92. The summed E-state index contributed by atoms with van der Waals surface area (Å²) in [5, 5.41) is 9.89. The first kappa shape index (κ1) is 13.8. The first-order chi connectivity index (χ1) is 7.44. The number of amides is 1. The van der Waals surface area contributed by atoms with Gasteiger partial charge in [0.25, 0.3) is 0 Å². The van der Waals surface area contributed by atoms with Crippen molar-refractivity contribution in [1.29, 1.82) is 0 Å². The van der Waals surface area contributed by atoms with Gasteiger partial charge in [0, 0.05) is 13.1 Å². The summed E-state index contributed by atoms with van der Waals surface area (Å²) in [5.74, 6) is 1.30. The van der Waals surface area contributed by atoms with E-state index < -0.39 is 5.60 Å². The predicted molar refractivity (Wildman–Crippen MR) is 68.6 cm³/mol. The van der Waals surface area contributed by atoms with Crippen LogP contribution in [0.3, 0.4) is 0 Å². The van der Waals surface area contributed by atoms with E-state index in [0.29, 0.717) is 13.1 Å². The van der Waals surface area contributed by atoms with Crippen LogP contribution in [0.4, 0.5) is 0 Å². The topological polar surface area (TPSA) is 40.5 Å². The first-order valence-corrected chi connectivity index (χ1v) is 7.11. The Morgan fingerprint density at radius 3 is 2.62 bits per heavy atom. The van der Waals surface area contributed by atoms with Crippen LogP contribution in [0.2, 0.25) is 0 Å². The highest BCUT2D eigenvalue weighted by molar-refractivity contribution is 8.00. The number of carbonyl (C=O) groups excluding carboxylic acids is 1. The van der Waals surface area contributed by atoms with Gasteiger partial charge in [-0.2, -0.15) is 0 Å². The lowest BCUT2D eigenvalue weighted by Gasteiger charge is -2.32. The van der Waals surface area contributed by atoms with Gasteiger partial charge in [-0.15, -0.1) is 11.8 Å². The summed E-state index contributed by atoms with van der Waals surface area (Å²) < 4.78 is 0. The van der Waals surface area contributed by atoms with E-state index in [1.54, 1.807) is 30.5 Å². The maximum atomic E-state index is 12.2. The molecule has 0 bridgehead atoms. The third-order valence-corrected chi connectivity index (χ3v) is 4.09. The van der Waals surface area contributed by atoms with Crippen LogP contribution in [0.5, 0.6) is 0 Å². The zero-order valence-electron chi connectivity index (χ0n) is 10.5. The second-order valence-electron chi connectivity index (χ2n) is 5.02. The summed E-state index contributed by atoms with van der Waals surface area (Å²) in [7, 11) is 0. The standard InChI is InChI=1S/C12H23NO2S/c1-4-13(9-12(2,3)15)11(14)10-7-5-6-8-16-10/h10,15H,4-9H2,1-3H3. The van der Waals surface area contributed by atoms with Gasteiger partial charge in [-0.05, 0) is 39.4 Å². The molecule has 1 heterocycles. The average molecular weight is 245 g/mol. The quantitative estimate of drug-likeness (QED) is 0.822. The molecule has 0 aliphatic carbocycles. The smallest absolute Gasteiger partial charge is 0.235 e. The molecule has 0 aromatic rings. The summed E-state index contributed by atoms with van der Waals surface area (Å²) in [5.41, 5.74) is -0.801. The Bertz CT molecular complexity index is 232. The minimum absolute atomic E-state index is 0.121. The molecule has 1 unspecified atom stereocenters. The summed E-state index contributed by atoms with van der Waals surface area (Å²) in [4.78, 5) is 14.0. The Labute approximate surface area is 103 Å². The monoisotopic (exact) mass is 245 g/mol. The molecule has 0 aromatic carbocycles. The normalized spacial score (nSPS) is 21.9. The zero-order valence-corrected chi connectivity index (χ0v) is 11.3. The van der Waals surface area contributed by atoms with E-state index in [2.05, 4.69) is 0 Å². The minimum atomic E-state index is -0.801. The van der Waals surface area contributed by atoms with Crippen molar-refractivity contribution in [3.05, 3.63) is 0 Å². The number of hydrogen-bond acceptors (Lipinski definition) is 3. The Morgan fingerprint density at radius 2 is 2.19 bits per heavy atom. The highest BCUT2D eigenvalue weighted by atomic mass is 32.2. The van der Waals surface area contributed by atoms with Gasteiger partial charge in [0.15, 0.2) is 0 Å². The molecule has 1 fully saturated rings. The third-order valence-electron chi connectivity index (χ3n) is 2.73. The van der Waals surface area contributed by atoms with Crippen LogP contribution in [0.25, 0.3) is 0 Å². The highest BCUT2D eigenvalue weighted by Crippen LogP contribution is 2.27. The van der Waals surface area contributed by atoms with Gasteiger partial charge in [0.1, 0.15) is 0 Å². The lowest BCUT2D eigenvalue weighted by Crippen LogP contribution is -2.46. The van der Waals surface area contributed by atoms with Crippen LogP contribution in [-0.4, -0.2) is 45.6 Å². The fraction of sp³-hybridized carbons (Fsp3) is 0.917. The van der Waals surface area contributed by atoms with Crippen LogP contribution in [0.1, 0.15) is 40.0 Å². The molecule has 4 heteroatoms. The molecule has 94 valence electrons. The third kappa shape index (κ3) is 4.34. The number of carbonyl (C=O) groups is 1. The molecule has 1 saturated heterocycles. The van der Waals surface area contributed by atoms with Gasteiger partial charge >= 0.3 is 0 Å². The molecular weight excluding hydrogens is 222 g/mol. The minimum Gasteiger partial charge on any atom is -0.389 e. The molecule has 1 aliphatic rings. The van der Waals surface area contributed by atoms with E-state index in [1.165, 1.54) is 6.42 Å². The van der Waals surface area contributed by atoms with E-state index in [1.807, 2.05) is 6.92 Å². The molecule has 0 spiro atoms. The zero-order chi connectivity index (χ0) is 12.2. The first-order valence-electron chi connectivity index (χ1n) is 6.07. The predicted octanol–water partition coefficient (Wildman–Crippen LogP) is 1.89. The van der Waals surface area contributed by atoms with Gasteiger partial charge < -0.3 is 10.0 Å². The summed E-state index contributed by atoms with van der Waals surface area (Å²) in [6, 6.07) is 0. The van der Waals surface area contributed by atoms with Crippen molar-refractivity contribution in [1.82, 2.24) is 4.90 Å². The SMILES string of the molecule is CCN(CC(C)(C)O)C(=O)C1CCCCS1. The van der Waals surface area contributed by atoms with Crippen LogP contribution in [0.15, 0.2) is 0 Å². The van der Waals surface area contributed by atoms with Gasteiger partial charge in [-0.1, -0.05) is 6.42 Å². The lowest BCUT2D eigenvalue weighted by molar-refractivity contribution is -0.133. The van der Waals surface area contributed by atoms with E-state index in [4.69, 9.17) is 0 Å². The molecule has 1 N–H and O–H groups in total. The fourth-order valence-corrected chi connectivity index (χ4v) is 3.23. The average Bonchev–Trinajstić information content (AvgIpc) is 2.25. The maximum Gasteiger partial charge on any atom is 0.235 e. The van der Waals surface area contributed by atoms with E-state index in [0.717, 1.165) is 18.6 Å². The number of likely N-dealkylation sites (N-methyl/N-ethyl adjacent to an activating group) is 1. The number of hydrogen-bond donors (Lipinski definition) is 1. The van der Waals surface area contributed by atoms with Crippen molar-refractivity contribution in [2.24, 2.45) is 0 Å². The Kier molecular flexibility index (Phi) is 5.12. The van der Waals surface area contributed by atoms with Crippen molar-refractivity contribution in [2.75, 3.05) is 18.8 Å². The molecular formula is C12H23NO2S. The van der Waals surface area contributed by atoms with Crippen molar-refractivity contribution in [3.8, 4) is 0 Å². The van der Waals surface area contributed by atoms with Gasteiger partial charge in [-0.25, -0.2) is 0 Å². The van der Waals surface area contributed by atoms with Crippen LogP contribution in [0, 0.1) is 0 Å². The van der Waals surface area contributed by atoms with Gasteiger partial charge in [0.2, 0.25) is 5.91 Å². The van der Waals surface area contributed by atoms with E-state index >= 15 is 0 Å². The van der Waals surface area contributed by atoms with Crippen molar-refractivity contribution in [2.45, 2.75) is 50.9 Å². The highest BCUT2D eigenvalue weighted by Gasteiger charge is 2.28.